The number of ether oxygens (including phenoxy) is 1. The first-order valence-corrected chi connectivity index (χ1v) is 8.56. The van der Waals surface area contributed by atoms with Gasteiger partial charge in [0.1, 0.15) is 11.6 Å². The average molecular weight is 383 g/mol. The highest BCUT2D eigenvalue weighted by Gasteiger charge is 2.31. The predicted octanol–water partition coefficient (Wildman–Crippen LogP) is 5.17. The number of aromatic nitrogens is 3. The summed E-state index contributed by atoms with van der Waals surface area (Å²) < 4.78 is 46.4. The van der Waals surface area contributed by atoms with Gasteiger partial charge in [0.25, 0.3) is 0 Å². The molecule has 0 aliphatic rings. The Bertz CT molecular complexity index is 1100. The number of pyridine rings is 1. The van der Waals surface area contributed by atoms with Crippen LogP contribution in [-0.4, -0.2) is 21.6 Å². The Morgan fingerprint density at radius 3 is 2.32 bits per heavy atom. The fourth-order valence-electron chi connectivity index (χ4n) is 3.10. The van der Waals surface area contributed by atoms with Crippen LogP contribution in [0.3, 0.4) is 0 Å². The summed E-state index contributed by atoms with van der Waals surface area (Å²) in [5.74, 6) is 1.33. The molecular formula is C21H16F3N3O. The van der Waals surface area contributed by atoms with Crippen molar-refractivity contribution in [3.63, 3.8) is 0 Å². The second kappa shape index (κ2) is 6.99. The van der Waals surface area contributed by atoms with E-state index in [1.54, 1.807) is 31.6 Å². The van der Waals surface area contributed by atoms with E-state index in [1.165, 1.54) is 6.07 Å². The smallest absolute Gasteiger partial charge is 0.416 e. The lowest BCUT2D eigenvalue weighted by Gasteiger charge is -2.11. The van der Waals surface area contributed by atoms with Crippen LogP contribution < -0.4 is 4.74 Å². The van der Waals surface area contributed by atoms with Crippen LogP contribution in [0.1, 0.15) is 11.1 Å². The quantitative estimate of drug-likeness (QED) is 0.488. The van der Waals surface area contributed by atoms with Gasteiger partial charge in [0.05, 0.1) is 23.7 Å². The van der Waals surface area contributed by atoms with Gasteiger partial charge >= 0.3 is 6.18 Å². The Hall–Kier alpha value is -3.35. The van der Waals surface area contributed by atoms with Crippen LogP contribution in [0.2, 0.25) is 0 Å². The molecule has 0 amide bonds. The minimum Gasteiger partial charge on any atom is -0.497 e. The van der Waals surface area contributed by atoms with E-state index in [1.807, 2.05) is 28.8 Å². The van der Waals surface area contributed by atoms with Crippen LogP contribution in [-0.2, 0) is 12.7 Å². The van der Waals surface area contributed by atoms with Crippen molar-refractivity contribution in [3.05, 3.63) is 78.1 Å². The van der Waals surface area contributed by atoms with Crippen molar-refractivity contribution >= 4 is 11.0 Å². The number of rotatable bonds is 4. The third kappa shape index (κ3) is 3.43. The molecule has 0 saturated heterocycles. The van der Waals surface area contributed by atoms with E-state index in [0.717, 1.165) is 29.0 Å². The summed E-state index contributed by atoms with van der Waals surface area (Å²) in [6.07, 6.45) is -1.15. The summed E-state index contributed by atoms with van der Waals surface area (Å²) in [4.78, 5) is 8.50. The first kappa shape index (κ1) is 18.0. The van der Waals surface area contributed by atoms with Gasteiger partial charge in [-0.15, -0.1) is 0 Å². The van der Waals surface area contributed by atoms with Crippen LogP contribution >= 0.6 is 0 Å². The van der Waals surface area contributed by atoms with E-state index in [0.29, 0.717) is 23.4 Å². The van der Waals surface area contributed by atoms with Gasteiger partial charge in [-0.05, 0) is 48.0 Å². The summed E-state index contributed by atoms with van der Waals surface area (Å²) in [6.45, 7) is 0.462. The molecule has 0 fully saturated rings. The van der Waals surface area contributed by atoms with Crippen molar-refractivity contribution < 1.29 is 17.9 Å². The van der Waals surface area contributed by atoms with Crippen molar-refractivity contribution in [2.24, 2.45) is 0 Å². The van der Waals surface area contributed by atoms with E-state index in [9.17, 15) is 13.2 Å². The van der Waals surface area contributed by atoms with Gasteiger partial charge in [0.2, 0.25) is 0 Å². The van der Waals surface area contributed by atoms with Crippen molar-refractivity contribution in [2.75, 3.05) is 7.11 Å². The first-order valence-electron chi connectivity index (χ1n) is 8.56. The van der Waals surface area contributed by atoms with E-state index < -0.39 is 11.7 Å². The zero-order chi connectivity index (χ0) is 19.7. The van der Waals surface area contributed by atoms with Crippen molar-refractivity contribution in [2.45, 2.75) is 12.7 Å². The van der Waals surface area contributed by atoms with Gasteiger partial charge in [-0.2, -0.15) is 13.2 Å². The lowest BCUT2D eigenvalue weighted by molar-refractivity contribution is -0.137. The normalized spacial score (nSPS) is 11.7. The number of methoxy groups -OCH3 is 1. The topological polar surface area (TPSA) is 39.9 Å². The third-order valence-corrected chi connectivity index (χ3v) is 4.51. The molecule has 0 spiro atoms. The molecule has 2 heterocycles. The molecule has 142 valence electrons. The second-order valence-electron chi connectivity index (χ2n) is 6.31. The average Bonchev–Trinajstić information content (AvgIpc) is 3.06. The maximum absolute atomic E-state index is 13.1. The summed E-state index contributed by atoms with van der Waals surface area (Å²) >= 11 is 0. The van der Waals surface area contributed by atoms with E-state index >= 15 is 0 Å². The monoisotopic (exact) mass is 383 g/mol. The first-order chi connectivity index (χ1) is 13.5. The number of fused-ring (bicyclic) bond motifs is 1. The zero-order valence-electron chi connectivity index (χ0n) is 14.9. The van der Waals surface area contributed by atoms with Gasteiger partial charge in [0, 0.05) is 24.5 Å². The maximum Gasteiger partial charge on any atom is 0.416 e. The van der Waals surface area contributed by atoms with Crippen LogP contribution in [0, 0.1) is 0 Å². The standard InChI is InChI=1S/C21H16F3N3O/c1-28-17-5-2-14(3-6-17)13-27-19-7-4-16(21(22,23)24)12-18(19)26-20(27)15-8-10-25-11-9-15/h2-12H,13H2,1H3. The molecule has 0 N–H and O–H groups in total. The highest BCUT2D eigenvalue weighted by atomic mass is 19.4. The minimum atomic E-state index is -4.41. The van der Waals surface area contributed by atoms with Gasteiger partial charge in [-0.3, -0.25) is 4.98 Å². The summed E-state index contributed by atoms with van der Waals surface area (Å²) in [5, 5.41) is 0. The molecule has 0 aliphatic heterocycles. The number of halogens is 3. The highest BCUT2D eigenvalue weighted by Crippen LogP contribution is 2.33. The highest BCUT2D eigenvalue weighted by molar-refractivity contribution is 5.81. The molecule has 28 heavy (non-hydrogen) atoms. The van der Waals surface area contributed by atoms with Gasteiger partial charge < -0.3 is 9.30 Å². The van der Waals surface area contributed by atoms with Crippen LogP contribution in [0.4, 0.5) is 13.2 Å². The fourth-order valence-corrected chi connectivity index (χ4v) is 3.10. The Morgan fingerprint density at radius 2 is 1.68 bits per heavy atom. The van der Waals surface area contributed by atoms with Crippen LogP contribution in [0.5, 0.6) is 5.75 Å². The predicted molar refractivity (Wildman–Crippen MR) is 100 cm³/mol. The number of hydrogen-bond acceptors (Lipinski definition) is 3. The molecule has 0 radical (unpaired) electrons. The van der Waals surface area contributed by atoms with Crippen molar-refractivity contribution in [1.82, 2.24) is 14.5 Å². The Labute approximate surface area is 159 Å². The van der Waals surface area contributed by atoms with Gasteiger partial charge in [0.15, 0.2) is 0 Å². The lowest BCUT2D eigenvalue weighted by atomic mass is 10.1. The molecule has 0 unspecified atom stereocenters. The van der Waals surface area contributed by atoms with E-state index in [4.69, 9.17) is 4.74 Å². The molecule has 4 aromatic rings. The number of benzene rings is 2. The number of hydrogen-bond donors (Lipinski definition) is 0. The molecule has 0 aliphatic carbocycles. The molecule has 0 atom stereocenters. The Balaban J connectivity index is 1.85. The van der Waals surface area contributed by atoms with Crippen molar-refractivity contribution in [3.8, 4) is 17.1 Å². The fraction of sp³-hybridized carbons (Fsp3) is 0.143. The maximum atomic E-state index is 13.1. The molecule has 0 bridgehead atoms. The zero-order valence-corrected chi connectivity index (χ0v) is 14.9. The third-order valence-electron chi connectivity index (χ3n) is 4.51. The van der Waals surface area contributed by atoms with Crippen LogP contribution in [0.25, 0.3) is 22.4 Å². The second-order valence-corrected chi connectivity index (χ2v) is 6.31. The number of nitrogens with zero attached hydrogens (tertiary/aromatic N) is 3. The molecule has 7 heteroatoms. The number of alkyl halides is 3. The molecule has 4 rings (SSSR count). The summed E-state index contributed by atoms with van der Waals surface area (Å²) in [6, 6.07) is 14.8. The number of imidazole rings is 1. The SMILES string of the molecule is COc1ccc(Cn2c(-c3ccncc3)nc3cc(C(F)(F)F)ccc32)cc1. The van der Waals surface area contributed by atoms with E-state index in [-0.39, 0.29) is 0 Å². The Morgan fingerprint density at radius 1 is 0.964 bits per heavy atom. The molecular weight excluding hydrogens is 367 g/mol. The molecule has 4 nitrogen and oxygen atoms in total. The largest absolute Gasteiger partial charge is 0.497 e. The molecule has 2 aromatic heterocycles. The van der Waals surface area contributed by atoms with Crippen LogP contribution in [0.15, 0.2) is 67.0 Å². The van der Waals surface area contributed by atoms with Crippen molar-refractivity contribution in [1.29, 1.82) is 0 Å². The molecule has 2 aromatic carbocycles. The van der Waals surface area contributed by atoms with E-state index in [2.05, 4.69) is 9.97 Å². The van der Waals surface area contributed by atoms with Gasteiger partial charge in [-0.1, -0.05) is 12.1 Å². The summed E-state index contributed by atoms with van der Waals surface area (Å²) in [7, 11) is 1.60. The minimum absolute atomic E-state index is 0.301. The summed E-state index contributed by atoms with van der Waals surface area (Å²) in [5.41, 5.74) is 1.99. The molecule has 0 saturated carbocycles. The van der Waals surface area contributed by atoms with Gasteiger partial charge in [-0.25, -0.2) is 4.98 Å². The Kier molecular flexibility index (Phi) is 4.50. The lowest BCUT2D eigenvalue weighted by Crippen LogP contribution is -2.05.